The number of likely N-dealkylation sites (N-methyl/N-ethyl adjacent to an activating group) is 1. The van der Waals surface area contributed by atoms with Gasteiger partial charge in [-0.2, -0.15) is 0 Å². The van der Waals surface area contributed by atoms with Crippen LogP contribution in [-0.4, -0.2) is 38.2 Å². The minimum Gasteiger partial charge on any atom is -0.305 e. The highest BCUT2D eigenvalue weighted by Gasteiger charge is 2.00. The van der Waals surface area contributed by atoms with Crippen LogP contribution in [0, 0.1) is 0 Å². The number of hydrogen-bond donors (Lipinski definition) is 1. The maximum absolute atomic E-state index is 4.70. The molecule has 3 heteroatoms. The van der Waals surface area contributed by atoms with Crippen molar-refractivity contribution in [1.29, 1.82) is 0 Å². The second-order valence-corrected chi connectivity index (χ2v) is 2.67. The van der Waals surface area contributed by atoms with E-state index in [1.54, 1.807) is 7.11 Å². The molecule has 0 radical (unpaired) electrons. The van der Waals surface area contributed by atoms with E-state index in [0.29, 0.717) is 6.04 Å². The van der Waals surface area contributed by atoms with Gasteiger partial charge in [0.25, 0.3) is 0 Å². The fourth-order valence-corrected chi connectivity index (χ4v) is 0.582. The van der Waals surface area contributed by atoms with E-state index in [-0.39, 0.29) is 0 Å². The zero-order chi connectivity index (χ0) is 7.98. The Hall–Kier alpha value is -0.120. The average molecular weight is 146 g/mol. The van der Waals surface area contributed by atoms with E-state index in [9.17, 15) is 0 Å². The Balaban J connectivity index is 3.13. The van der Waals surface area contributed by atoms with Gasteiger partial charge in [-0.05, 0) is 20.9 Å². The molecular weight excluding hydrogens is 128 g/mol. The molecule has 0 aromatic heterocycles. The van der Waals surface area contributed by atoms with Gasteiger partial charge in [0.1, 0.15) is 0 Å². The highest BCUT2D eigenvalue weighted by molar-refractivity contribution is 4.56. The van der Waals surface area contributed by atoms with Crippen molar-refractivity contribution in [1.82, 2.24) is 10.4 Å². The van der Waals surface area contributed by atoms with E-state index in [4.69, 9.17) is 4.84 Å². The number of rotatable bonds is 5. The van der Waals surface area contributed by atoms with E-state index in [0.717, 1.165) is 13.1 Å². The normalized spacial score (nSPS) is 11.4. The Morgan fingerprint density at radius 3 is 2.50 bits per heavy atom. The molecule has 0 aromatic rings. The number of nitrogens with one attached hydrogen (secondary N) is 1. The van der Waals surface area contributed by atoms with Crippen LogP contribution in [0.2, 0.25) is 0 Å². The molecule has 0 saturated heterocycles. The van der Waals surface area contributed by atoms with Crippen molar-refractivity contribution < 1.29 is 4.84 Å². The van der Waals surface area contributed by atoms with Crippen molar-refractivity contribution in [2.75, 3.05) is 27.2 Å². The summed E-state index contributed by atoms with van der Waals surface area (Å²) in [6.07, 6.45) is 0. The van der Waals surface area contributed by atoms with Crippen LogP contribution in [0.1, 0.15) is 13.8 Å². The highest BCUT2D eigenvalue weighted by Crippen LogP contribution is 1.90. The van der Waals surface area contributed by atoms with E-state index < -0.39 is 0 Å². The third-order valence-electron chi connectivity index (χ3n) is 1.59. The second-order valence-electron chi connectivity index (χ2n) is 2.67. The minimum atomic E-state index is 0.610. The summed E-state index contributed by atoms with van der Waals surface area (Å²) in [6.45, 7) is 6.25. The molecule has 0 saturated carbocycles. The molecule has 1 N–H and O–H groups in total. The topological polar surface area (TPSA) is 24.5 Å². The monoisotopic (exact) mass is 146 g/mol. The number of hydroxylamine groups is 1. The van der Waals surface area contributed by atoms with Gasteiger partial charge in [0.05, 0.1) is 7.11 Å². The average Bonchev–Trinajstić information content (AvgIpc) is 1.88. The summed E-state index contributed by atoms with van der Waals surface area (Å²) in [6, 6.07) is 0.610. The van der Waals surface area contributed by atoms with Gasteiger partial charge in [-0.3, -0.25) is 0 Å². The quantitative estimate of drug-likeness (QED) is 0.451. The van der Waals surface area contributed by atoms with Crippen LogP contribution in [0.25, 0.3) is 0 Å². The van der Waals surface area contributed by atoms with E-state index in [2.05, 4.69) is 31.3 Å². The lowest BCUT2D eigenvalue weighted by atomic mass is 10.3. The van der Waals surface area contributed by atoms with Crippen LogP contribution in [0.3, 0.4) is 0 Å². The lowest BCUT2D eigenvalue weighted by Crippen LogP contribution is -2.33. The Kier molecular flexibility index (Phi) is 5.58. The van der Waals surface area contributed by atoms with Gasteiger partial charge < -0.3 is 9.74 Å². The zero-order valence-electron chi connectivity index (χ0n) is 7.35. The third kappa shape index (κ3) is 4.73. The van der Waals surface area contributed by atoms with E-state index in [1.807, 2.05) is 0 Å². The second kappa shape index (κ2) is 5.65. The van der Waals surface area contributed by atoms with Crippen molar-refractivity contribution in [2.45, 2.75) is 19.9 Å². The first-order valence-electron chi connectivity index (χ1n) is 3.64. The third-order valence-corrected chi connectivity index (χ3v) is 1.59. The fourth-order valence-electron chi connectivity index (χ4n) is 0.582. The SMILES string of the molecule is CONCCN(C)C(C)C. The molecule has 0 rings (SSSR count). The molecule has 62 valence electrons. The first-order chi connectivity index (χ1) is 4.68. The van der Waals surface area contributed by atoms with Crippen LogP contribution in [0.15, 0.2) is 0 Å². The standard InChI is InChI=1S/C7H18N2O/c1-7(2)9(3)6-5-8-10-4/h7-8H,5-6H2,1-4H3. The smallest absolute Gasteiger partial charge is 0.0572 e. The first-order valence-corrected chi connectivity index (χ1v) is 3.64. The van der Waals surface area contributed by atoms with Gasteiger partial charge in [0.15, 0.2) is 0 Å². The molecule has 0 aliphatic rings. The first kappa shape index (κ1) is 9.88. The predicted molar refractivity (Wildman–Crippen MR) is 42.8 cm³/mol. The summed E-state index contributed by atoms with van der Waals surface area (Å²) in [4.78, 5) is 6.95. The van der Waals surface area contributed by atoms with Crippen molar-refractivity contribution in [3.05, 3.63) is 0 Å². The molecule has 0 atom stereocenters. The lowest BCUT2D eigenvalue weighted by Gasteiger charge is -2.20. The molecule has 0 amide bonds. The molecule has 0 unspecified atom stereocenters. The summed E-state index contributed by atoms with van der Waals surface area (Å²) in [5.74, 6) is 0. The van der Waals surface area contributed by atoms with Crippen molar-refractivity contribution in [2.24, 2.45) is 0 Å². The molecule has 0 aliphatic carbocycles. The molecule has 0 aromatic carbocycles. The van der Waals surface area contributed by atoms with Crippen molar-refractivity contribution >= 4 is 0 Å². The summed E-state index contributed by atoms with van der Waals surface area (Å²) in [7, 11) is 3.73. The molecule has 0 aliphatic heterocycles. The highest BCUT2D eigenvalue weighted by atomic mass is 16.6. The maximum Gasteiger partial charge on any atom is 0.0572 e. The van der Waals surface area contributed by atoms with Crippen molar-refractivity contribution in [3.8, 4) is 0 Å². The van der Waals surface area contributed by atoms with Crippen LogP contribution in [0.4, 0.5) is 0 Å². The Labute approximate surface area is 63.3 Å². The molecule has 0 heterocycles. The van der Waals surface area contributed by atoms with Crippen LogP contribution in [0.5, 0.6) is 0 Å². The molecule has 0 spiro atoms. The summed E-state index contributed by atoms with van der Waals surface area (Å²) in [5, 5.41) is 0. The number of hydrogen-bond acceptors (Lipinski definition) is 3. The predicted octanol–water partition coefficient (Wildman–Crippen LogP) is 0.478. The van der Waals surface area contributed by atoms with E-state index in [1.165, 1.54) is 0 Å². The van der Waals surface area contributed by atoms with Gasteiger partial charge >= 0.3 is 0 Å². The molecular formula is C7H18N2O. The Morgan fingerprint density at radius 2 is 2.10 bits per heavy atom. The van der Waals surface area contributed by atoms with Crippen LogP contribution in [-0.2, 0) is 4.84 Å². The van der Waals surface area contributed by atoms with Gasteiger partial charge in [-0.15, -0.1) is 0 Å². The van der Waals surface area contributed by atoms with Gasteiger partial charge in [-0.1, -0.05) is 0 Å². The molecule has 0 bridgehead atoms. The zero-order valence-corrected chi connectivity index (χ0v) is 7.35. The van der Waals surface area contributed by atoms with Gasteiger partial charge in [0.2, 0.25) is 0 Å². The summed E-state index contributed by atoms with van der Waals surface area (Å²) in [5.41, 5.74) is 2.79. The van der Waals surface area contributed by atoms with Gasteiger partial charge in [0, 0.05) is 19.1 Å². The molecule has 10 heavy (non-hydrogen) atoms. The largest absolute Gasteiger partial charge is 0.305 e. The fraction of sp³-hybridized carbons (Fsp3) is 1.00. The lowest BCUT2D eigenvalue weighted by molar-refractivity contribution is 0.0822. The van der Waals surface area contributed by atoms with Crippen molar-refractivity contribution in [3.63, 3.8) is 0 Å². The van der Waals surface area contributed by atoms with Gasteiger partial charge in [-0.25, -0.2) is 5.48 Å². The summed E-state index contributed by atoms with van der Waals surface area (Å²) >= 11 is 0. The van der Waals surface area contributed by atoms with Crippen LogP contribution < -0.4 is 5.48 Å². The van der Waals surface area contributed by atoms with E-state index >= 15 is 0 Å². The Bertz CT molecular complexity index is 76.0. The number of nitrogens with zero attached hydrogens (tertiary/aromatic N) is 1. The minimum absolute atomic E-state index is 0.610. The molecule has 3 nitrogen and oxygen atoms in total. The summed E-state index contributed by atoms with van der Waals surface area (Å²) < 4.78 is 0. The Morgan fingerprint density at radius 1 is 1.50 bits per heavy atom. The van der Waals surface area contributed by atoms with Crippen LogP contribution >= 0.6 is 0 Å². The molecule has 0 fully saturated rings. The maximum atomic E-state index is 4.70.